The molecule has 0 radical (unpaired) electrons. The lowest BCUT2D eigenvalue weighted by Crippen LogP contribution is -2.61. The molecule has 9 nitrogen and oxygen atoms in total. The molecule has 0 amide bonds. The van der Waals surface area contributed by atoms with Gasteiger partial charge >= 0.3 is 0 Å². The van der Waals surface area contributed by atoms with Crippen LogP contribution in [0.15, 0.2) is 326 Å². The average Bonchev–Trinajstić information content (AvgIpc) is 1.63. The van der Waals surface area contributed by atoms with Crippen molar-refractivity contribution in [1.82, 2.24) is 29.5 Å². The molecule has 10 heteroatoms. The molecule has 0 saturated heterocycles. The van der Waals surface area contributed by atoms with Crippen molar-refractivity contribution >= 4 is 101 Å². The molecule has 0 unspecified atom stereocenters. The molecule has 0 spiro atoms. The van der Waals surface area contributed by atoms with Crippen LogP contribution in [0.1, 0.15) is 0 Å². The van der Waals surface area contributed by atoms with Gasteiger partial charge in [0.1, 0.15) is 11.2 Å². The Balaban J connectivity index is 0.748. The van der Waals surface area contributed by atoms with E-state index in [2.05, 4.69) is 257 Å². The maximum Gasteiger partial charge on any atom is 0.252 e. The van der Waals surface area contributed by atoms with E-state index < -0.39 is 0 Å². The Hall–Kier alpha value is -12.8. The predicted molar refractivity (Wildman–Crippen MR) is 389 cm³/mol. The molecule has 0 atom stereocenters. The third kappa shape index (κ3) is 8.91. The molecular formula is C85H53BN8O. The minimum absolute atomic E-state index is 0.0722. The Morgan fingerprint density at radius 2 is 0.758 bits per heavy atom. The third-order valence-corrected chi connectivity index (χ3v) is 18.9. The summed E-state index contributed by atoms with van der Waals surface area (Å²) in [6, 6.07) is 113. The second-order valence-electron chi connectivity index (χ2n) is 24.3. The number of anilines is 6. The summed E-state index contributed by atoms with van der Waals surface area (Å²) in [6.45, 7) is 0.0722. The third-order valence-electron chi connectivity index (χ3n) is 18.9. The second kappa shape index (κ2) is 22.0. The quantitative estimate of drug-likeness (QED) is 0.125. The molecule has 0 aliphatic carbocycles. The first-order valence-corrected chi connectivity index (χ1v) is 32.1. The number of furan rings is 1. The Kier molecular flexibility index (Phi) is 12.5. The fourth-order valence-corrected chi connectivity index (χ4v) is 14.6. The second-order valence-corrected chi connectivity index (χ2v) is 24.3. The minimum atomic E-state index is 0.0722. The van der Waals surface area contributed by atoms with Gasteiger partial charge in [-0.3, -0.25) is 0 Å². The van der Waals surface area contributed by atoms with E-state index >= 15 is 0 Å². The van der Waals surface area contributed by atoms with Gasteiger partial charge in [-0.05, 0) is 125 Å². The van der Waals surface area contributed by atoms with Crippen LogP contribution in [0.5, 0.6) is 0 Å². The number of nitrogens with zero attached hydrogens (tertiary/aromatic N) is 8. The highest BCUT2D eigenvalue weighted by atomic mass is 16.3. The lowest BCUT2D eigenvalue weighted by atomic mass is 9.33. The van der Waals surface area contributed by atoms with E-state index in [4.69, 9.17) is 29.3 Å². The van der Waals surface area contributed by atoms with E-state index in [0.29, 0.717) is 23.3 Å². The Morgan fingerprint density at radius 1 is 0.284 bits per heavy atom. The fraction of sp³-hybridized carbons (Fsp3) is 0. The van der Waals surface area contributed by atoms with Crippen molar-refractivity contribution < 1.29 is 4.42 Å². The maximum atomic E-state index is 6.81. The van der Waals surface area contributed by atoms with Crippen LogP contribution in [0, 0.1) is 0 Å². The van der Waals surface area contributed by atoms with Crippen molar-refractivity contribution in [1.29, 1.82) is 0 Å². The lowest BCUT2D eigenvalue weighted by molar-refractivity contribution is 0.673. The molecule has 95 heavy (non-hydrogen) atoms. The van der Waals surface area contributed by atoms with Crippen LogP contribution in [0.3, 0.4) is 0 Å². The van der Waals surface area contributed by atoms with Gasteiger partial charge in [0.2, 0.25) is 0 Å². The number of aromatic nitrogens is 6. The van der Waals surface area contributed by atoms with E-state index in [1.807, 2.05) is 78.9 Å². The van der Waals surface area contributed by atoms with Gasteiger partial charge in [0.05, 0.1) is 33.5 Å². The molecule has 442 valence electrons. The highest BCUT2D eigenvalue weighted by Crippen LogP contribution is 2.46. The molecule has 0 N–H and O–H groups in total. The van der Waals surface area contributed by atoms with Crippen LogP contribution in [-0.2, 0) is 0 Å². The first-order valence-electron chi connectivity index (χ1n) is 32.1. The molecule has 6 heterocycles. The Morgan fingerprint density at radius 3 is 1.41 bits per heavy atom. The van der Waals surface area contributed by atoms with Gasteiger partial charge in [-0.15, -0.1) is 0 Å². The largest absolute Gasteiger partial charge is 0.455 e. The zero-order valence-corrected chi connectivity index (χ0v) is 51.2. The average molecular weight is 1210 g/mol. The molecule has 2 aliphatic rings. The van der Waals surface area contributed by atoms with Crippen molar-refractivity contribution in [2.75, 3.05) is 9.80 Å². The number of fused-ring (bicyclic) bond motifs is 11. The summed E-state index contributed by atoms with van der Waals surface area (Å²) in [5.74, 6) is 2.28. The van der Waals surface area contributed by atoms with Gasteiger partial charge in [0, 0.05) is 83.7 Å². The Labute approximate surface area is 547 Å². The molecule has 0 saturated carbocycles. The number of rotatable bonds is 10. The van der Waals surface area contributed by atoms with Gasteiger partial charge in [0.25, 0.3) is 6.71 Å². The minimum Gasteiger partial charge on any atom is -0.455 e. The molecule has 0 fully saturated rings. The normalized spacial score (nSPS) is 12.4. The van der Waals surface area contributed by atoms with E-state index in [1.54, 1.807) is 0 Å². The van der Waals surface area contributed by atoms with Gasteiger partial charge in [0.15, 0.2) is 23.3 Å². The van der Waals surface area contributed by atoms with Gasteiger partial charge in [-0.1, -0.05) is 224 Å². The van der Waals surface area contributed by atoms with Crippen LogP contribution in [0.2, 0.25) is 0 Å². The summed E-state index contributed by atoms with van der Waals surface area (Å²) in [6.07, 6.45) is 0. The van der Waals surface area contributed by atoms with Crippen molar-refractivity contribution in [3.05, 3.63) is 322 Å². The number of hydrogen-bond acceptors (Lipinski definition) is 8. The fourth-order valence-electron chi connectivity index (χ4n) is 14.6. The zero-order chi connectivity index (χ0) is 62.5. The summed E-state index contributed by atoms with van der Waals surface area (Å²) >= 11 is 0. The molecule has 4 aromatic heterocycles. The smallest absolute Gasteiger partial charge is 0.252 e. The number of para-hydroxylation sites is 5. The standard InChI is InChI=1S/C85H53BN8O/c1-5-22-56(23-6-1)69-53-70(88-82(87-69)59-42-40-54(41-43-59)55-44-47-62(48-45-55)93-74-36-19-16-33-68(74)86-67-32-15-18-35-73(67)92(61-28-11-4-12-29-61)76-37-21-38-77(93)80(76)86)66-52-60(85-90-83(57-24-7-2-8-25-57)89-84(91-85)58-26-9-3-10-27-58)46-50-72(66)94-71-34-17-13-31-65(71)79-75(94)51-49-64-63-30-14-20-39-78(63)95-81(64)79/h1-53H. The molecular weight excluding hydrogens is 1160 g/mol. The zero-order valence-electron chi connectivity index (χ0n) is 51.2. The first-order chi connectivity index (χ1) is 47.1. The van der Waals surface area contributed by atoms with Gasteiger partial charge < -0.3 is 18.8 Å². The lowest BCUT2D eigenvalue weighted by Gasteiger charge is -2.44. The molecule has 19 rings (SSSR count). The van der Waals surface area contributed by atoms with Crippen LogP contribution in [-0.4, -0.2) is 36.2 Å². The maximum absolute atomic E-state index is 6.81. The van der Waals surface area contributed by atoms with Crippen molar-refractivity contribution in [3.63, 3.8) is 0 Å². The monoisotopic (exact) mass is 1210 g/mol. The van der Waals surface area contributed by atoms with Crippen LogP contribution < -0.4 is 26.2 Å². The Bertz CT molecular complexity index is 5800. The summed E-state index contributed by atoms with van der Waals surface area (Å²) in [4.78, 5) is 31.5. The summed E-state index contributed by atoms with van der Waals surface area (Å²) < 4.78 is 9.16. The summed E-state index contributed by atoms with van der Waals surface area (Å²) in [7, 11) is 0. The highest BCUT2D eigenvalue weighted by molar-refractivity contribution is 7.00. The molecule has 2 aliphatic heterocycles. The topological polar surface area (TPSA) is 89.0 Å². The number of benzene rings is 13. The van der Waals surface area contributed by atoms with E-state index in [0.717, 1.165) is 117 Å². The van der Waals surface area contributed by atoms with E-state index in [-0.39, 0.29) is 6.71 Å². The summed E-state index contributed by atoms with van der Waals surface area (Å²) in [5.41, 5.74) is 24.5. The van der Waals surface area contributed by atoms with Gasteiger partial charge in [-0.25, -0.2) is 24.9 Å². The van der Waals surface area contributed by atoms with Crippen LogP contribution >= 0.6 is 0 Å². The first kappa shape index (κ1) is 54.0. The summed E-state index contributed by atoms with van der Waals surface area (Å²) in [5, 5.41) is 4.27. The van der Waals surface area contributed by atoms with Crippen LogP contribution in [0.4, 0.5) is 34.1 Å². The van der Waals surface area contributed by atoms with E-state index in [9.17, 15) is 0 Å². The number of hydrogen-bond donors (Lipinski definition) is 0. The highest BCUT2D eigenvalue weighted by Gasteiger charge is 2.43. The van der Waals surface area contributed by atoms with Crippen molar-refractivity contribution in [2.24, 2.45) is 0 Å². The SMILES string of the molecule is c1ccc(-c2cc(-c3cc(-c4nc(-c5ccccc5)nc(-c5ccccc5)n4)ccc3-n3c4ccccc4c4c5oc6ccccc6c5ccc43)nc(-c3ccc(-c4ccc(N5c6ccccc6B6c7ccccc7N(c7ccccc7)c7cccc5c76)cc4)cc3)n2)cc1. The van der Waals surface area contributed by atoms with Crippen molar-refractivity contribution in [2.45, 2.75) is 0 Å². The van der Waals surface area contributed by atoms with Crippen molar-refractivity contribution in [3.8, 4) is 84.9 Å². The van der Waals surface area contributed by atoms with Crippen LogP contribution in [0.25, 0.3) is 129 Å². The molecule has 13 aromatic carbocycles. The van der Waals surface area contributed by atoms with E-state index in [1.165, 1.54) is 39.1 Å². The van der Waals surface area contributed by atoms with Gasteiger partial charge in [-0.2, -0.15) is 0 Å². The molecule has 0 bridgehead atoms. The predicted octanol–water partition coefficient (Wildman–Crippen LogP) is 19.4. The molecule has 17 aromatic rings.